The van der Waals surface area contributed by atoms with Gasteiger partial charge in [0, 0.05) is 18.5 Å². The molecule has 2 heterocycles. The number of ether oxygens (including phenoxy) is 2. The van der Waals surface area contributed by atoms with E-state index in [0.717, 1.165) is 25.1 Å². The molecular formula is C27H41N2O3+. The first-order valence-electron chi connectivity index (χ1n) is 12.6. The molecule has 4 rings (SSSR count). The molecule has 5 unspecified atom stereocenters. The molecule has 2 fully saturated rings. The first kappa shape index (κ1) is 23.2. The highest BCUT2D eigenvalue weighted by Crippen LogP contribution is 2.35. The third kappa shape index (κ3) is 5.14. The van der Waals surface area contributed by atoms with E-state index in [4.69, 9.17) is 9.47 Å². The van der Waals surface area contributed by atoms with Crippen molar-refractivity contribution < 1.29 is 19.2 Å². The molecule has 5 atom stereocenters. The SMILES string of the molecule is COc1ccc(C2=C[NH+](CC(=O)OC3CC(C)CCC3C(C)C)C3CCCCCN23)cc1. The largest absolute Gasteiger partial charge is 0.497 e. The van der Waals surface area contributed by atoms with E-state index in [9.17, 15) is 4.79 Å². The van der Waals surface area contributed by atoms with E-state index in [1.807, 2.05) is 12.1 Å². The number of fused-ring (bicyclic) bond motifs is 1. The lowest BCUT2D eigenvalue weighted by atomic mass is 9.75. The van der Waals surface area contributed by atoms with Gasteiger partial charge < -0.3 is 14.4 Å². The van der Waals surface area contributed by atoms with Crippen molar-refractivity contribution in [2.45, 2.75) is 78.0 Å². The summed E-state index contributed by atoms with van der Waals surface area (Å²) in [6.45, 7) is 8.28. The molecule has 0 spiro atoms. The highest BCUT2D eigenvalue weighted by Gasteiger charge is 2.40. The van der Waals surface area contributed by atoms with Crippen LogP contribution in [0, 0.1) is 17.8 Å². The van der Waals surface area contributed by atoms with Crippen LogP contribution >= 0.6 is 0 Å². The van der Waals surface area contributed by atoms with Gasteiger partial charge in [0.1, 0.15) is 23.8 Å². The van der Waals surface area contributed by atoms with Gasteiger partial charge in [-0.05, 0) is 67.7 Å². The van der Waals surface area contributed by atoms with Gasteiger partial charge >= 0.3 is 5.97 Å². The van der Waals surface area contributed by atoms with Gasteiger partial charge in [-0.25, -0.2) is 4.79 Å². The Morgan fingerprint density at radius 2 is 1.91 bits per heavy atom. The summed E-state index contributed by atoms with van der Waals surface area (Å²) in [5.41, 5.74) is 2.44. The number of nitrogens with zero attached hydrogens (tertiary/aromatic N) is 1. The highest BCUT2D eigenvalue weighted by atomic mass is 16.5. The minimum Gasteiger partial charge on any atom is -0.497 e. The second-order valence-corrected chi connectivity index (χ2v) is 10.4. The zero-order valence-corrected chi connectivity index (χ0v) is 20.3. The molecule has 3 aliphatic rings. The molecule has 1 saturated carbocycles. The lowest BCUT2D eigenvalue weighted by molar-refractivity contribution is -0.870. The summed E-state index contributed by atoms with van der Waals surface area (Å²) in [6.07, 6.45) is 10.9. The first-order valence-corrected chi connectivity index (χ1v) is 12.6. The van der Waals surface area contributed by atoms with Crippen molar-refractivity contribution in [3.63, 3.8) is 0 Å². The van der Waals surface area contributed by atoms with Gasteiger partial charge in [-0.3, -0.25) is 4.90 Å². The van der Waals surface area contributed by atoms with Crippen molar-refractivity contribution in [2.75, 3.05) is 20.2 Å². The summed E-state index contributed by atoms with van der Waals surface area (Å²) in [6, 6.07) is 8.30. The van der Waals surface area contributed by atoms with Crippen LogP contribution in [0.4, 0.5) is 0 Å². The number of quaternary nitrogens is 1. The molecule has 1 aromatic carbocycles. The summed E-state index contributed by atoms with van der Waals surface area (Å²) in [7, 11) is 1.70. The molecule has 5 heteroatoms. The Kier molecular flexibility index (Phi) is 7.44. The van der Waals surface area contributed by atoms with Crippen molar-refractivity contribution in [1.29, 1.82) is 0 Å². The van der Waals surface area contributed by atoms with Gasteiger partial charge in [0.2, 0.25) is 0 Å². The summed E-state index contributed by atoms with van der Waals surface area (Å²) >= 11 is 0. The van der Waals surface area contributed by atoms with Crippen LogP contribution in [0.1, 0.15) is 71.3 Å². The van der Waals surface area contributed by atoms with Crippen molar-refractivity contribution in [3.8, 4) is 5.75 Å². The fourth-order valence-electron chi connectivity index (χ4n) is 5.94. The van der Waals surface area contributed by atoms with E-state index in [1.165, 1.54) is 48.3 Å². The highest BCUT2D eigenvalue weighted by molar-refractivity contribution is 5.71. The molecule has 176 valence electrons. The molecule has 1 aliphatic carbocycles. The molecule has 1 aromatic rings. The average Bonchev–Trinajstić information content (AvgIpc) is 2.94. The number of carbonyl (C=O) groups is 1. The standard InChI is InChI=1S/C27H40N2O3/c1-19(2)23-14-9-20(3)16-25(23)32-27(30)18-28-17-24(21-10-12-22(31-4)13-11-21)29-15-7-5-6-8-26(28)29/h10-13,17,19-20,23,25-26H,5-9,14-16,18H2,1-4H3/p+1. The second-order valence-electron chi connectivity index (χ2n) is 10.4. The number of esters is 1. The van der Waals surface area contributed by atoms with Crippen molar-refractivity contribution >= 4 is 11.7 Å². The first-order chi connectivity index (χ1) is 15.5. The Bertz CT molecular complexity index is 804. The maximum absolute atomic E-state index is 13.1. The van der Waals surface area contributed by atoms with Gasteiger partial charge in [0.05, 0.1) is 7.11 Å². The Morgan fingerprint density at radius 3 is 2.62 bits per heavy atom. The van der Waals surface area contributed by atoms with Gasteiger partial charge in [0.15, 0.2) is 12.7 Å². The van der Waals surface area contributed by atoms with E-state index in [1.54, 1.807) is 7.11 Å². The molecular weight excluding hydrogens is 400 g/mol. The zero-order chi connectivity index (χ0) is 22.7. The predicted octanol–water partition coefficient (Wildman–Crippen LogP) is 4.10. The third-order valence-corrected chi connectivity index (χ3v) is 7.79. The molecule has 0 aromatic heterocycles. The van der Waals surface area contributed by atoms with Crippen LogP contribution in [0.15, 0.2) is 30.5 Å². The minimum absolute atomic E-state index is 0.0406. The van der Waals surface area contributed by atoms with Crippen LogP contribution in [0.2, 0.25) is 0 Å². The number of hydrogen-bond acceptors (Lipinski definition) is 4. The molecule has 1 saturated heterocycles. The maximum atomic E-state index is 13.1. The summed E-state index contributed by atoms with van der Waals surface area (Å²) in [5, 5.41) is 0. The van der Waals surface area contributed by atoms with Gasteiger partial charge in [-0.2, -0.15) is 0 Å². The van der Waals surface area contributed by atoms with Crippen LogP contribution in [0.5, 0.6) is 5.75 Å². The van der Waals surface area contributed by atoms with Crippen molar-refractivity contribution in [2.24, 2.45) is 17.8 Å². The van der Waals surface area contributed by atoms with Gasteiger partial charge in [-0.15, -0.1) is 0 Å². The predicted molar refractivity (Wildman–Crippen MR) is 127 cm³/mol. The summed E-state index contributed by atoms with van der Waals surface area (Å²) in [4.78, 5) is 16.9. The van der Waals surface area contributed by atoms with E-state index >= 15 is 0 Å². The topological polar surface area (TPSA) is 43.2 Å². The Morgan fingerprint density at radius 1 is 1.12 bits per heavy atom. The summed E-state index contributed by atoms with van der Waals surface area (Å²) in [5.74, 6) is 2.51. The van der Waals surface area contributed by atoms with E-state index < -0.39 is 0 Å². The molecule has 5 nitrogen and oxygen atoms in total. The van der Waals surface area contributed by atoms with Crippen LogP contribution in [-0.2, 0) is 9.53 Å². The monoisotopic (exact) mass is 441 g/mol. The Balaban J connectivity index is 1.49. The quantitative estimate of drug-likeness (QED) is 0.675. The van der Waals surface area contributed by atoms with Crippen LogP contribution < -0.4 is 9.64 Å². The number of benzene rings is 1. The fourth-order valence-corrected chi connectivity index (χ4v) is 5.94. The zero-order valence-electron chi connectivity index (χ0n) is 20.3. The average molecular weight is 442 g/mol. The lowest BCUT2D eigenvalue weighted by Gasteiger charge is -2.36. The van der Waals surface area contributed by atoms with Crippen molar-refractivity contribution in [3.05, 3.63) is 36.0 Å². The smallest absolute Gasteiger partial charge is 0.362 e. The molecule has 1 N–H and O–H groups in total. The van der Waals surface area contributed by atoms with Crippen molar-refractivity contribution in [1.82, 2.24) is 4.90 Å². The lowest BCUT2D eigenvalue weighted by Crippen LogP contribution is -3.12. The minimum atomic E-state index is -0.0406. The van der Waals surface area contributed by atoms with Gasteiger partial charge in [0.25, 0.3) is 0 Å². The van der Waals surface area contributed by atoms with E-state index in [-0.39, 0.29) is 12.1 Å². The third-order valence-electron chi connectivity index (χ3n) is 7.79. The fraction of sp³-hybridized carbons (Fsp3) is 0.667. The number of methoxy groups -OCH3 is 1. The van der Waals surface area contributed by atoms with Gasteiger partial charge in [-0.1, -0.05) is 33.6 Å². The maximum Gasteiger partial charge on any atom is 0.362 e. The number of carbonyl (C=O) groups excluding carboxylic acids is 1. The molecule has 32 heavy (non-hydrogen) atoms. The van der Waals surface area contributed by atoms with Crippen LogP contribution in [0.25, 0.3) is 5.70 Å². The Labute approximate surface area is 193 Å². The van der Waals surface area contributed by atoms with E-state index in [0.29, 0.717) is 30.5 Å². The van der Waals surface area contributed by atoms with Crippen LogP contribution in [0.3, 0.4) is 0 Å². The Hall–Kier alpha value is -2.01. The molecule has 0 radical (unpaired) electrons. The molecule has 0 amide bonds. The molecule has 0 bridgehead atoms. The summed E-state index contributed by atoms with van der Waals surface area (Å²) < 4.78 is 11.5. The second kappa shape index (κ2) is 10.3. The number of rotatable bonds is 6. The van der Waals surface area contributed by atoms with Crippen LogP contribution in [-0.4, -0.2) is 43.3 Å². The normalized spacial score (nSPS) is 30.5. The number of hydrogen-bond donors (Lipinski definition) is 1. The van der Waals surface area contributed by atoms with E-state index in [2.05, 4.69) is 44.0 Å². The number of nitrogens with one attached hydrogen (secondary N) is 1. The molecule has 2 aliphatic heterocycles.